The largest absolute Gasteiger partial charge is 0.373 e. The molecule has 1 aliphatic carbocycles. The molecule has 0 radical (unpaired) electrons. The minimum absolute atomic E-state index is 0.0373. The summed E-state index contributed by atoms with van der Waals surface area (Å²) in [5, 5.41) is 4.90. The van der Waals surface area contributed by atoms with Crippen molar-refractivity contribution < 1.29 is 9.13 Å². The van der Waals surface area contributed by atoms with Gasteiger partial charge in [-0.15, -0.1) is 0 Å². The highest BCUT2D eigenvalue weighted by Crippen LogP contribution is 2.42. The molecule has 1 saturated heterocycles. The van der Waals surface area contributed by atoms with Crippen LogP contribution in [-0.2, 0) is 4.74 Å². The lowest BCUT2D eigenvalue weighted by Crippen LogP contribution is -2.19. The van der Waals surface area contributed by atoms with Gasteiger partial charge in [0.2, 0.25) is 0 Å². The summed E-state index contributed by atoms with van der Waals surface area (Å²) in [5.74, 6) is -0.224. The average molecular weight is 478 g/mol. The molecule has 34 heavy (non-hydrogen) atoms. The van der Waals surface area contributed by atoms with Crippen LogP contribution in [0.2, 0.25) is 5.02 Å². The molecule has 3 aromatic heterocycles. The number of hydrogen-bond donors (Lipinski definition) is 0. The van der Waals surface area contributed by atoms with Gasteiger partial charge in [0, 0.05) is 29.0 Å². The molecule has 4 aromatic rings. The van der Waals surface area contributed by atoms with E-state index in [4.69, 9.17) is 31.3 Å². The maximum atomic E-state index is 14.8. The highest BCUT2D eigenvalue weighted by atomic mass is 35.5. The molecule has 1 saturated carbocycles. The fourth-order valence-corrected chi connectivity index (χ4v) is 4.90. The van der Waals surface area contributed by atoms with E-state index in [0.717, 1.165) is 40.9 Å². The van der Waals surface area contributed by atoms with Crippen molar-refractivity contribution in [3.8, 4) is 11.3 Å². The average Bonchev–Trinajstić information content (AvgIpc) is 3.56. The molecule has 0 N–H and O–H groups in total. The molecular formula is C26H25ClFN5O. The summed E-state index contributed by atoms with van der Waals surface area (Å²) in [6.07, 6.45) is 8.05. The number of rotatable bonds is 4. The highest BCUT2D eigenvalue weighted by molar-refractivity contribution is 6.30. The first kappa shape index (κ1) is 21.6. The van der Waals surface area contributed by atoms with Crippen molar-refractivity contribution in [1.82, 2.24) is 24.7 Å². The number of nitrogens with zero attached hydrogens (tertiary/aromatic N) is 5. The third-order valence-electron chi connectivity index (χ3n) is 6.93. The molecule has 2 fully saturated rings. The Morgan fingerprint density at radius 1 is 1.06 bits per heavy atom. The predicted molar refractivity (Wildman–Crippen MR) is 128 cm³/mol. The molecular weight excluding hydrogens is 453 g/mol. The van der Waals surface area contributed by atoms with Crippen LogP contribution in [-0.4, -0.2) is 31.3 Å². The summed E-state index contributed by atoms with van der Waals surface area (Å²) in [6.45, 7) is 4.51. The summed E-state index contributed by atoms with van der Waals surface area (Å²) >= 11 is 5.99. The second kappa shape index (κ2) is 8.40. The van der Waals surface area contributed by atoms with Crippen molar-refractivity contribution in [1.29, 1.82) is 0 Å². The quantitative estimate of drug-likeness (QED) is 0.346. The first-order chi connectivity index (χ1) is 16.5. The van der Waals surface area contributed by atoms with Gasteiger partial charge in [0.15, 0.2) is 5.65 Å². The maximum Gasteiger partial charge on any atom is 0.179 e. The number of aryl methyl sites for hydroxylation is 2. The number of benzene rings is 1. The number of aromatic nitrogens is 5. The lowest BCUT2D eigenvalue weighted by atomic mass is 9.86. The van der Waals surface area contributed by atoms with E-state index in [-0.39, 0.29) is 12.0 Å². The fourth-order valence-electron chi connectivity index (χ4n) is 4.74. The summed E-state index contributed by atoms with van der Waals surface area (Å²) in [4.78, 5) is 14.3. The zero-order valence-corrected chi connectivity index (χ0v) is 19.9. The number of halogens is 2. The van der Waals surface area contributed by atoms with Crippen molar-refractivity contribution >= 4 is 22.8 Å². The van der Waals surface area contributed by atoms with E-state index in [0.29, 0.717) is 34.6 Å². The summed E-state index contributed by atoms with van der Waals surface area (Å²) < 4.78 is 23.0. The van der Waals surface area contributed by atoms with Crippen LogP contribution in [0.4, 0.5) is 4.39 Å². The van der Waals surface area contributed by atoms with Gasteiger partial charge in [0.05, 0.1) is 35.4 Å². The highest BCUT2D eigenvalue weighted by Gasteiger charge is 2.30. The zero-order valence-electron chi connectivity index (χ0n) is 19.1. The molecule has 174 valence electrons. The SMILES string of the molecule is Cc1nc2nc(-c3ccc(Cl)cc3F)cc([C@H]3CCO[C@@H](c4cnn(C5CC5)c4)C3)c2nc1C. The summed E-state index contributed by atoms with van der Waals surface area (Å²) in [5.41, 5.74) is 6.09. The van der Waals surface area contributed by atoms with E-state index in [1.54, 1.807) is 12.1 Å². The molecule has 2 atom stereocenters. The molecule has 6 nitrogen and oxygen atoms in total. The van der Waals surface area contributed by atoms with Gasteiger partial charge in [0.1, 0.15) is 11.3 Å². The Morgan fingerprint density at radius 2 is 1.88 bits per heavy atom. The molecule has 0 spiro atoms. The van der Waals surface area contributed by atoms with Gasteiger partial charge in [-0.3, -0.25) is 4.68 Å². The van der Waals surface area contributed by atoms with Crippen molar-refractivity contribution in [2.45, 2.75) is 57.6 Å². The monoisotopic (exact) mass is 477 g/mol. The maximum absolute atomic E-state index is 14.8. The van der Waals surface area contributed by atoms with Gasteiger partial charge in [-0.1, -0.05) is 11.6 Å². The number of fused-ring (bicyclic) bond motifs is 1. The van der Waals surface area contributed by atoms with E-state index in [9.17, 15) is 4.39 Å². The normalized spacial score (nSPS) is 20.7. The smallest absolute Gasteiger partial charge is 0.179 e. The first-order valence-electron chi connectivity index (χ1n) is 11.7. The van der Waals surface area contributed by atoms with Crippen molar-refractivity contribution in [3.05, 3.63) is 70.0 Å². The molecule has 1 aliphatic heterocycles. The van der Waals surface area contributed by atoms with E-state index in [2.05, 4.69) is 16.0 Å². The van der Waals surface area contributed by atoms with Gasteiger partial charge in [-0.05, 0) is 75.3 Å². The van der Waals surface area contributed by atoms with Crippen LogP contribution < -0.4 is 0 Å². The topological polar surface area (TPSA) is 65.7 Å². The van der Waals surface area contributed by atoms with Crippen LogP contribution in [0.15, 0.2) is 36.7 Å². The van der Waals surface area contributed by atoms with Crippen LogP contribution in [0.25, 0.3) is 22.4 Å². The minimum Gasteiger partial charge on any atom is -0.373 e. The van der Waals surface area contributed by atoms with E-state index >= 15 is 0 Å². The Hall–Kier alpha value is -2.90. The minimum atomic E-state index is -0.403. The number of ether oxygens (including phenoxy) is 1. The van der Waals surface area contributed by atoms with E-state index < -0.39 is 5.82 Å². The second-order valence-corrected chi connectivity index (χ2v) is 9.79. The third-order valence-corrected chi connectivity index (χ3v) is 7.16. The second-order valence-electron chi connectivity index (χ2n) is 9.35. The zero-order chi connectivity index (χ0) is 23.4. The molecule has 4 heterocycles. The van der Waals surface area contributed by atoms with E-state index in [1.165, 1.54) is 18.9 Å². The lowest BCUT2D eigenvalue weighted by molar-refractivity contribution is 0.00540. The molecule has 0 amide bonds. The fraction of sp³-hybridized carbons (Fsp3) is 0.385. The van der Waals surface area contributed by atoms with Gasteiger partial charge in [-0.2, -0.15) is 5.10 Å². The molecule has 8 heteroatoms. The predicted octanol–water partition coefficient (Wildman–Crippen LogP) is 6.27. The Balaban J connectivity index is 1.43. The van der Waals surface area contributed by atoms with Gasteiger partial charge >= 0.3 is 0 Å². The number of pyridine rings is 1. The van der Waals surface area contributed by atoms with Crippen LogP contribution >= 0.6 is 11.6 Å². The first-order valence-corrected chi connectivity index (χ1v) is 12.1. The van der Waals surface area contributed by atoms with Gasteiger partial charge in [0.25, 0.3) is 0 Å². The molecule has 1 aromatic carbocycles. The number of hydrogen-bond acceptors (Lipinski definition) is 5. The molecule has 6 rings (SSSR count). The molecule has 0 unspecified atom stereocenters. The third kappa shape index (κ3) is 3.97. The van der Waals surface area contributed by atoms with Gasteiger partial charge in [-0.25, -0.2) is 19.3 Å². The molecule has 0 bridgehead atoms. The Bertz CT molecular complexity index is 1400. The summed E-state index contributed by atoms with van der Waals surface area (Å²) in [6, 6.07) is 7.17. The van der Waals surface area contributed by atoms with E-state index in [1.807, 2.05) is 26.1 Å². The lowest BCUT2D eigenvalue weighted by Gasteiger charge is -2.30. The van der Waals surface area contributed by atoms with Crippen molar-refractivity contribution in [2.24, 2.45) is 0 Å². The van der Waals surface area contributed by atoms with Crippen molar-refractivity contribution in [2.75, 3.05) is 6.61 Å². The Kier molecular flexibility index (Phi) is 5.34. The van der Waals surface area contributed by atoms with Crippen molar-refractivity contribution in [3.63, 3.8) is 0 Å². The Morgan fingerprint density at radius 3 is 2.68 bits per heavy atom. The van der Waals surface area contributed by atoms with Crippen LogP contribution in [0.3, 0.4) is 0 Å². The van der Waals surface area contributed by atoms with Gasteiger partial charge < -0.3 is 4.74 Å². The molecule has 2 aliphatic rings. The van der Waals surface area contributed by atoms with Crippen LogP contribution in [0.5, 0.6) is 0 Å². The Labute approximate surface area is 202 Å². The van der Waals surface area contributed by atoms with Crippen LogP contribution in [0, 0.1) is 19.7 Å². The standard InChI is InChI=1S/C26H25ClFN5O/c1-14-15(2)31-26-25(30-14)21(11-23(32-26)20-6-3-18(27)10-22(20)28)16-7-8-34-24(9-16)17-12-29-33(13-17)19-4-5-19/h3,6,10-13,16,19,24H,4-5,7-9H2,1-2H3/t16-,24+/m0/s1. The summed E-state index contributed by atoms with van der Waals surface area (Å²) in [7, 11) is 0. The van der Waals surface area contributed by atoms with Crippen LogP contribution in [0.1, 0.15) is 66.3 Å².